The molecule has 0 aliphatic rings. The summed E-state index contributed by atoms with van der Waals surface area (Å²) in [6.45, 7) is 1.46. The summed E-state index contributed by atoms with van der Waals surface area (Å²) in [6, 6.07) is 1.48. The molecular weight excluding hydrogens is 287 g/mol. The summed E-state index contributed by atoms with van der Waals surface area (Å²) in [5, 5.41) is 0. The highest BCUT2D eigenvalue weighted by Gasteiger charge is 2.19. The monoisotopic (exact) mass is 297 g/mol. The van der Waals surface area contributed by atoms with E-state index in [-0.39, 0.29) is 28.5 Å². The topological polar surface area (TPSA) is 78.1 Å². The van der Waals surface area contributed by atoms with Crippen LogP contribution in [0.2, 0.25) is 0 Å². The van der Waals surface area contributed by atoms with Crippen molar-refractivity contribution >= 4 is 11.8 Å². The largest absolute Gasteiger partial charge is 0.465 e. The molecule has 0 aliphatic carbocycles. The van der Waals surface area contributed by atoms with Crippen LogP contribution < -0.4 is 5.73 Å². The predicted molar refractivity (Wildman–Crippen MR) is 67.8 cm³/mol. The fraction of sp³-hybridized carbons (Fsp3) is 0.154. The Morgan fingerprint density at radius 2 is 1.76 bits per heavy atom. The van der Waals surface area contributed by atoms with Crippen molar-refractivity contribution in [3.05, 3.63) is 40.8 Å². The maximum Gasteiger partial charge on any atom is 0.343 e. The van der Waals surface area contributed by atoms with Crippen molar-refractivity contribution in [2.75, 3.05) is 12.8 Å². The number of carbonyl (C=O) groups is 1. The van der Waals surface area contributed by atoms with Gasteiger partial charge in [0.25, 0.3) is 0 Å². The van der Waals surface area contributed by atoms with Gasteiger partial charge in [-0.05, 0) is 19.1 Å². The van der Waals surface area contributed by atoms with Crippen LogP contribution in [-0.2, 0) is 4.74 Å². The number of aromatic nitrogens is 2. The minimum absolute atomic E-state index is 0.0377. The first-order valence-corrected chi connectivity index (χ1v) is 5.72. The highest BCUT2D eigenvalue weighted by molar-refractivity contribution is 5.95. The van der Waals surface area contributed by atoms with Crippen molar-refractivity contribution in [2.45, 2.75) is 6.92 Å². The molecule has 5 nitrogen and oxygen atoms in total. The van der Waals surface area contributed by atoms with Gasteiger partial charge < -0.3 is 10.5 Å². The molecule has 1 aromatic heterocycles. The number of aryl methyl sites for hydroxylation is 1. The first-order valence-electron chi connectivity index (χ1n) is 5.72. The molecule has 1 heterocycles. The highest BCUT2D eigenvalue weighted by atomic mass is 19.2. The lowest BCUT2D eigenvalue weighted by atomic mass is 10.1. The number of rotatable bonds is 2. The average molecular weight is 297 g/mol. The van der Waals surface area contributed by atoms with E-state index < -0.39 is 23.4 Å². The molecule has 0 saturated heterocycles. The molecule has 21 heavy (non-hydrogen) atoms. The van der Waals surface area contributed by atoms with Crippen LogP contribution in [0.25, 0.3) is 11.4 Å². The van der Waals surface area contributed by atoms with Crippen molar-refractivity contribution in [1.82, 2.24) is 9.97 Å². The first kappa shape index (κ1) is 14.8. The quantitative estimate of drug-likeness (QED) is 0.679. The number of anilines is 1. The fourth-order valence-electron chi connectivity index (χ4n) is 1.76. The van der Waals surface area contributed by atoms with E-state index >= 15 is 0 Å². The average Bonchev–Trinajstić information content (AvgIpc) is 2.43. The van der Waals surface area contributed by atoms with Gasteiger partial charge in [0.2, 0.25) is 0 Å². The van der Waals surface area contributed by atoms with Gasteiger partial charge in [0.05, 0.1) is 12.8 Å². The molecule has 0 amide bonds. The first-order chi connectivity index (χ1) is 9.85. The summed E-state index contributed by atoms with van der Waals surface area (Å²) in [5.41, 5.74) is 5.67. The predicted octanol–water partition coefficient (Wildman–Crippen LogP) is 2.24. The molecule has 0 spiro atoms. The van der Waals surface area contributed by atoms with Gasteiger partial charge in [0.1, 0.15) is 11.4 Å². The number of ether oxygens (including phenoxy) is 1. The lowest BCUT2D eigenvalue weighted by molar-refractivity contribution is 0.0600. The number of esters is 1. The summed E-state index contributed by atoms with van der Waals surface area (Å²) < 4.78 is 43.9. The Morgan fingerprint density at radius 3 is 2.24 bits per heavy atom. The van der Waals surface area contributed by atoms with Crippen LogP contribution in [0.3, 0.4) is 0 Å². The van der Waals surface area contributed by atoms with E-state index in [4.69, 9.17) is 5.73 Å². The maximum absolute atomic E-state index is 13.2. The molecule has 2 N–H and O–H groups in total. The Hall–Kier alpha value is -2.64. The molecule has 0 radical (unpaired) electrons. The van der Waals surface area contributed by atoms with Crippen molar-refractivity contribution in [1.29, 1.82) is 0 Å². The van der Waals surface area contributed by atoms with Gasteiger partial charge in [-0.1, -0.05) is 0 Å². The van der Waals surface area contributed by atoms with Crippen LogP contribution in [0.5, 0.6) is 0 Å². The minimum atomic E-state index is -1.59. The number of hydrogen-bond acceptors (Lipinski definition) is 5. The van der Waals surface area contributed by atoms with Crippen LogP contribution in [0, 0.1) is 24.4 Å². The molecule has 0 bridgehead atoms. The minimum Gasteiger partial charge on any atom is -0.465 e. The van der Waals surface area contributed by atoms with Gasteiger partial charge >= 0.3 is 5.97 Å². The van der Waals surface area contributed by atoms with Crippen molar-refractivity contribution in [3.8, 4) is 11.4 Å². The molecule has 0 aliphatic heterocycles. The van der Waals surface area contributed by atoms with Gasteiger partial charge in [-0.2, -0.15) is 0 Å². The Morgan fingerprint density at radius 1 is 1.19 bits per heavy atom. The summed E-state index contributed by atoms with van der Waals surface area (Å²) in [4.78, 5) is 19.2. The summed E-state index contributed by atoms with van der Waals surface area (Å²) >= 11 is 0. The van der Waals surface area contributed by atoms with E-state index in [1.165, 1.54) is 14.0 Å². The third-order valence-corrected chi connectivity index (χ3v) is 2.75. The highest BCUT2D eigenvalue weighted by Crippen LogP contribution is 2.24. The molecule has 0 unspecified atom stereocenters. The molecule has 2 aromatic rings. The summed E-state index contributed by atoms with van der Waals surface area (Å²) in [7, 11) is 1.17. The summed E-state index contributed by atoms with van der Waals surface area (Å²) in [6.07, 6.45) is 0. The zero-order valence-corrected chi connectivity index (χ0v) is 11.1. The third kappa shape index (κ3) is 2.64. The van der Waals surface area contributed by atoms with Crippen LogP contribution in [0.4, 0.5) is 19.0 Å². The van der Waals surface area contributed by atoms with Gasteiger partial charge in [-0.3, -0.25) is 0 Å². The number of nitrogen functional groups attached to an aromatic ring is 1. The standard InChI is InChI=1S/C13H10F3N3O2/c1-5-9(13(20)21-2)11(17)19-12(18-5)6-3-7(14)10(16)8(15)4-6/h3-4H,1-2H3,(H2,17,18,19). The third-order valence-electron chi connectivity index (χ3n) is 2.75. The van der Waals surface area contributed by atoms with Gasteiger partial charge in [0.15, 0.2) is 23.3 Å². The normalized spacial score (nSPS) is 10.5. The van der Waals surface area contributed by atoms with Crippen LogP contribution in [0.1, 0.15) is 16.1 Å². The lowest BCUT2D eigenvalue weighted by Crippen LogP contribution is -2.12. The van der Waals surface area contributed by atoms with Crippen molar-refractivity contribution in [3.63, 3.8) is 0 Å². The summed E-state index contributed by atoms with van der Waals surface area (Å²) in [5.74, 6) is -5.39. The fourth-order valence-corrected chi connectivity index (χ4v) is 1.76. The van der Waals surface area contributed by atoms with Crippen molar-refractivity contribution in [2.24, 2.45) is 0 Å². The second-order valence-corrected chi connectivity index (χ2v) is 4.14. The molecule has 0 fully saturated rings. The molecule has 8 heteroatoms. The zero-order valence-electron chi connectivity index (χ0n) is 11.1. The molecule has 1 aromatic carbocycles. The van der Waals surface area contributed by atoms with Gasteiger partial charge in [-0.15, -0.1) is 0 Å². The number of halogens is 3. The number of benzene rings is 1. The second kappa shape index (κ2) is 5.39. The number of carbonyl (C=O) groups excluding carboxylic acids is 1. The number of nitrogens with two attached hydrogens (primary N) is 1. The van der Waals surface area contributed by atoms with Crippen molar-refractivity contribution < 1.29 is 22.7 Å². The Kier molecular flexibility index (Phi) is 3.79. The smallest absolute Gasteiger partial charge is 0.343 e. The Labute approximate surface area is 117 Å². The van der Waals surface area contributed by atoms with E-state index in [1.54, 1.807) is 0 Å². The van der Waals surface area contributed by atoms with Crippen LogP contribution >= 0.6 is 0 Å². The second-order valence-electron chi connectivity index (χ2n) is 4.14. The maximum atomic E-state index is 13.2. The molecule has 0 atom stereocenters. The SMILES string of the molecule is COC(=O)c1c(C)nc(-c2cc(F)c(F)c(F)c2)nc1N. The van der Waals surface area contributed by atoms with E-state index in [1.807, 2.05) is 0 Å². The van der Waals surface area contributed by atoms with Gasteiger partial charge in [-0.25, -0.2) is 27.9 Å². The van der Waals surface area contributed by atoms with E-state index in [0.717, 1.165) is 12.1 Å². The van der Waals surface area contributed by atoms with E-state index in [0.29, 0.717) is 0 Å². The number of methoxy groups -OCH3 is 1. The van der Waals surface area contributed by atoms with Gasteiger partial charge in [0, 0.05) is 5.56 Å². The molecule has 110 valence electrons. The molecule has 2 rings (SSSR count). The van der Waals surface area contributed by atoms with E-state index in [2.05, 4.69) is 14.7 Å². The molecule has 0 saturated carbocycles. The van der Waals surface area contributed by atoms with E-state index in [9.17, 15) is 18.0 Å². The van der Waals surface area contributed by atoms with Crippen LogP contribution in [-0.4, -0.2) is 23.0 Å². The Bertz CT molecular complexity index is 689. The van der Waals surface area contributed by atoms with Crippen LogP contribution in [0.15, 0.2) is 12.1 Å². The lowest BCUT2D eigenvalue weighted by Gasteiger charge is -2.09. The molecular formula is C13H10F3N3O2. The number of hydrogen-bond donors (Lipinski definition) is 1. The Balaban J connectivity index is 2.59. The number of nitrogens with zero attached hydrogens (tertiary/aromatic N) is 2. The zero-order chi connectivity index (χ0) is 15.7.